The molecule has 36 heavy (non-hydrogen) atoms. The molecule has 188 valence electrons. The van der Waals surface area contributed by atoms with E-state index in [1.54, 1.807) is 6.92 Å². The summed E-state index contributed by atoms with van der Waals surface area (Å²) in [4.78, 5) is 60.2. The van der Waals surface area contributed by atoms with Crippen molar-refractivity contribution in [2.75, 3.05) is 6.61 Å². The Morgan fingerprint density at radius 3 is 1.92 bits per heavy atom. The highest BCUT2D eigenvalue weighted by Crippen LogP contribution is 2.41. The number of carbonyl (C=O) groups is 4. The van der Waals surface area contributed by atoms with Gasteiger partial charge >= 0.3 is 23.9 Å². The van der Waals surface area contributed by atoms with Crippen molar-refractivity contribution in [3.63, 3.8) is 0 Å². The van der Waals surface area contributed by atoms with Crippen molar-refractivity contribution < 1.29 is 47.3 Å². The van der Waals surface area contributed by atoms with Crippen LogP contribution in [0.5, 0.6) is 28.7 Å². The number of fused-ring (bicyclic) bond motifs is 1. The lowest BCUT2D eigenvalue weighted by molar-refractivity contribution is -0.133. The first kappa shape index (κ1) is 25.9. The molecule has 0 N–H and O–H groups in total. The molecule has 2 aromatic carbocycles. The minimum atomic E-state index is -0.839. The van der Waals surface area contributed by atoms with Gasteiger partial charge < -0.3 is 28.1 Å². The standard InChI is InChI=1S/C25H22O11/c1-6-31-17-10-20(34-14(4)28)22-21(11-17)36-24(25(23(22)30)35-15(5)29)18-8-7-16(32-12(2)26)9-19(18)33-13(3)27/h7-11H,6H2,1-5H3. The third-order valence-electron chi connectivity index (χ3n) is 4.41. The van der Waals surface area contributed by atoms with Crippen molar-refractivity contribution in [2.45, 2.75) is 34.6 Å². The highest BCUT2D eigenvalue weighted by atomic mass is 16.6. The van der Waals surface area contributed by atoms with E-state index < -0.39 is 35.1 Å². The van der Waals surface area contributed by atoms with Crippen LogP contribution in [0, 0.1) is 0 Å². The topological polar surface area (TPSA) is 145 Å². The minimum absolute atomic E-state index is 0.0344. The molecule has 11 nitrogen and oxygen atoms in total. The number of carbonyl (C=O) groups excluding carboxylic acids is 4. The van der Waals surface area contributed by atoms with Gasteiger partial charge in [-0.15, -0.1) is 0 Å². The zero-order chi connectivity index (χ0) is 26.6. The molecule has 0 saturated heterocycles. The quantitative estimate of drug-likeness (QED) is 0.348. The van der Waals surface area contributed by atoms with Crippen LogP contribution in [0.2, 0.25) is 0 Å². The van der Waals surface area contributed by atoms with Crippen molar-refractivity contribution in [1.29, 1.82) is 0 Å². The monoisotopic (exact) mass is 498 g/mol. The van der Waals surface area contributed by atoms with Crippen LogP contribution < -0.4 is 29.1 Å². The summed E-state index contributed by atoms with van der Waals surface area (Å²) < 4.78 is 32.1. The number of hydrogen-bond donors (Lipinski definition) is 0. The Kier molecular flexibility index (Phi) is 7.73. The number of rotatable bonds is 7. The number of esters is 4. The number of ether oxygens (including phenoxy) is 5. The summed E-state index contributed by atoms with van der Waals surface area (Å²) in [6, 6.07) is 6.69. The van der Waals surface area contributed by atoms with Crippen molar-refractivity contribution in [2.24, 2.45) is 0 Å². The van der Waals surface area contributed by atoms with E-state index in [9.17, 15) is 24.0 Å². The van der Waals surface area contributed by atoms with E-state index in [1.165, 1.54) is 37.3 Å². The van der Waals surface area contributed by atoms with Crippen LogP contribution in [0.4, 0.5) is 0 Å². The smallest absolute Gasteiger partial charge is 0.308 e. The van der Waals surface area contributed by atoms with Gasteiger partial charge in [0.05, 0.1) is 12.2 Å². The Hall–Kier alpha value is -4.67. The highest BCUT2D eigenvalue weighted by Gasteiger charge is 2.26. The summed E-state index contributed by atoms with van der Waals surface area (Å²) in [5.41, 5.74) is -0.864. The van der Waals surface area contributed by atoms with Gasteiger partial charge in [-0.2, -0.15) is 0 Å². The second-order valence-corrected chi connectivity index (χ2v) is 7.35. The molecule has 0 atom stereocenters. The van der Waals surface area contributed by atoms with Crippen LogP contribution >= 0.6 is 0 Å². The summed E-state index contributed by atoms with van der Waals surface area (Å²) in [5.74, 6) is -3.71. The third-order valence-corrected chi connectivity index (χ3v) is 4.41. The van der Waals surface area contributed by atoms with Gasteiger partial charge in [0.1, 0.15) is 34.0 Å². The Morgan fingerprint density at radius 1 is 0.750 bits per heavy atom. The lowest BCUT2D eigenvalue weighted by Gasteiger charge is -2.15. The molecule has 11 heteroatoms. The molecular formula is C25H22O11. The summed E-state index contributed by atoms with van der Waals surface area (Å²) in [6.45, 7) is 6.56. The molecule has 1 heterocycles. The van der Waals surface area contributed by atoms with E-state index in [-0.39, 0.29) is 51.9 Å². The lowest BCUT2D eigenvalue weighted by atomic mass is 10.1. The minimum Gasteiger partial charge on any atom is -0.494 e. The largest absolute Gasteiger partial charge is 0.494 e. The van der Waals surface area contributed by atoms with Crippen molar-refractivity contribution in [1.82, 2.24) is 0 Å². The Morgan fingerprint density at radius 2 is 1.33 bits per heavy atom. The van der Waals surface area contributed by atoms with Gasteiger partial charge in [0.15, 0.2) is 5.76 Å². The Labute approximate surface area is 204 Å². The first-order valence-electron chi connectivity index (χ1n) is 10.7. The van der Waals surface area contributed by atoms with Crippen LogP contribution in [0.15, 0.2) is 39.5 Å². The van der Waals surface area contributed by atoms with Crippen LogP contribution in [0.3, 0.4) is 0 Å². The lowest BCUT2D eigenvalue weighted by Crippen LogP contribution is -2.15. The van der Waals surface area contributed by atoms with E-state index in [0.29, 0.717) is 0 Å². The fourth-order valence-electron chi connectivity index (χ4n) is 3.30. The second-order valence-electron chi connectivity index (χ2n) is 7.35. The van der Waals surface area contributed by atoms with Gasteiger partial charge in [-0.25, -0.2) is 0 Å². The molecule has 0 fully saturated rings. The highest BCUT2D eigenvalue weighted by molar-refractivity contribution is 5.92. The third kappa shape index (κ3) is 5.87. The Balaban J connectivity index is 2.40. The molecular weight excluding hydrogens is 476 g/mol. The zero-order valence-electron chi connectivity index (χ0n) is 20.1. The van der Waals surface area contributed by atoms with Crippen molar-refractivity contribution >= 4 is 34.8 Å². The zero-order valence-corrected chi connectivity index (χ0v) is 20.1. The molecule has 0 unspecified atom stereocenters. The molecule has 3 rings (SSSR count). The second kappa shape index (κ2) is 10.7. The van der Waals surface area contributed by atoms with E-state index in [4.69, 9.17) is 28.1 Å². The van der Waals surface area contributed by atoms with Gasteiger partial charge in [-0.05, 0) is 19.1 Å². The first-order chi connectivity index (χ1) is 17.0. The molecule has 1 aromatic heterocycles. The molecule has 3 aromatic rings. The predicted octanol–water partition coefficient (Wildman–Crippen LogP) is 3.56. The first-order valence-corrected chi connectivity index (χ1v) is 10.7. The van der Waals surface area contributed by atoms with Crippen LogP contribution in [-0.2, 0) is 19.2 Å². The van der Waals surface area contributed by atoms with E-state index >= 15 is 0 Å². The fraction of sp³-hybridized carbons (Fsp3) is 0.240. The van der Waals surface area contributed by atoms with E-state index in [1.807, 2.05) is 0 Å². The van der Waals surface area contributed by atoms with Crippen LogP contribution in [-0.4, -0.2) is 30.5 Å². The SMILES string of the molecule is CCOc1cc(OC(C)=O)c2c(=O)c(OC(C)=O)c(-c3ccc(OC(C)=O)cc3OC(C)=O)oc2c1. The van der Waals surface area contributed by atoms with Gasteiger partial charge in [-0.3, -0.25) is 24.0 Å². The maximum Gasteiger partial charge on any atom is 0.308 e. The summed E-state index contributed by atoms with van der Waals surface area (Å²) in [5, 5.41) is -0.181. The van der Waals surface area contributed by atoms with Gasteiger partial charge in [-0.1, -0.05) is 0 Å². The number of benzene rings is 2. The summed E-state index contributed by atoms with van der Waals surface area (Å²) in [6.07, 6.45) is 0. The Bertz CT molecular complexity index is 1430. The van der Waals surface area contributed by atoms with E-state index in [2.05, 4.69) is 0 Å². The molecule has 0 aliphatic carbocycles. The van der Waals surface area contributed by atoms with Crippen LogP contribution in [0.25, 0.3) is 22.3 Å². The van der Waals surface area contributed by atoms with Gasteiger partial charge in [0.2, 0.25) is 11.2 Å². The van der Waals surface area contributed by atoms with E-state index in [0.717, 1.165) is 20.8 Å². The normalized spacial score (nSPS) is 10.5. The molecule has 0 saturated carbocycles. The molecule has 0 aliphatic rings. The van der Waals surface area contributed by atoms with Gasteiger partial charge in [0, 0.05) is 45.9 Å². The average Bonchev–Trinajstić information content (AvgIpc) is 2.74. The fourth-order valence-corrected chi connectivity index (χ4v) is 3.30. The average molecular weight is 498 g/mol. The maximum atomic E-state index is 13.5. The summed E-state index contributed by atoms with van der Waals surface area (Å²) >= 11 is 0. The van der Waals surface area contributed by atoms with Crippen molar-refractivity contribution in [3.8, 4) is 40.1 Å². The van der Waals surface area contributed by atoms with Crippen LogP contribution in [0.1, 0.15) is 34.6 Å². The predicted molar refractivity (Wildman–Crippen MR) is 124 cm³/mol. The maximum absolute atomic E-state index is 13.5. The molecule has 0 aliphatic heterocycles. The van der Waals surface area contributed by atoms with Crippen molar-refractivity contribution in [3.05, 3.63) is 40.6 Å². The molecule has 0 spiro atoms. The molecule has 0 amide bonds. The molecule has 0 bridgehead atoms. The summed E-state index contributed by atoms with van der Waals surface area (Å²) in [7, 11) is 0. The number of hydrogen-bond acceptors (Lipinski definition) is 11. The molecule has 0 radical (unpaired) electrons. The van der Waals surface area contributed by atoms with Gasteiger partial charge in [0.25, 0.3) is 0 Å².